The highest BCUT2D eigenvalue weighted by Gasteiger charge is 2.09. The lowest BCUT2D eigenvalue weighted by Gasteiger charge is -2.07. The molecule has 2 rings (SSSR count). The van der Waals surface area contributed by atoms with Gasteiger partial charge in [-0.1, -0.05) is 13.8 Å². The van der Waals surface area contributed by atoms with E-state index in [2.05, 4.69) is 34.1 Å². The first-order chi connectivity index (χ1) is 8.22. The van der Waals surface area contributed by atoms with Crippen LogP contribution in [0.3, 0.4) is 0 Å². The lowest BCUT2D eigenvalue weighted by atomic mass is 10.1. The molecule has 0 radical (unpaired) electrons. The highest BCUT2D eigenvalue weighted by molar-refractivity contribution is 7.97. The minimum atomic E-state index is 0.684. The maximum Gasteiger partial charge on any atom is 0.175 e. The van der Waals surface area contributed by atoms with E-state index in [0.717, 1.165) is 29.9 Å². The Bertz CT molecular complexity index is 494. The smallest absolute Gasteiger partial charge is 0.175 e. The van der Waals surface area contributed by atoms with Gasteiger partial charge in [0, 0.05) is 12.8 Å². The van der Waals surface area contributed by atoms with E-state index in [-0.39, 0.29) is 0 Å². The van der Waals surface area contributed by atoms with Crippen LogP contribution in [-0.2, 0) is 0 Å². The van der Waals surface area contributed by atoms with E-state index in [9.17, 15) is 0 Å². The zero-order valence-electron chi connectivity index (χ0n) is 10.3. The number of nitrogens with zero attached hydrogens (tertiary/aromatic N) is 4. The summed E-state index contributed by atoms with van der Waals surface area (Å²) in [7, 11) is 0. The van der Waals surface area contributed by atoms with Gasteiger partial charge in [-0.2, -0.15) is 0 Å². The average molecular weight is 251 g/mol. The molecule has 0 aliphatic carbocycles. The zero-order chi connectivity index (χ0) is 12.3. The van der Waals surface area contributed by atoms with Crippen LogP contribution < -0.4 is 5.32 Å². The summed E-state index contributed by atoms with van der Waals surface area (Å²) in [6.45, 7) is 5.33. The van der Waals surface area contributed by atoms with E-state index in [1.54, 1.807) is 24.6 Å². The molecule has 0 aliphatic rings. The Morgan fingerprint density at radius 3 is 2.88 bits per heavy atom. The fourth-order valence-electron chi connectivity index (χ4n) is 1.56. The first-order valence-electron chi connectivity index (χ1n) is 5.68. The Balaban J connectivity index is 2.19. The Hall–Kier alpha value is -1.30. The molecule has 0 bridgehead atoms. The van der Waals surface area contributed by atoms with Gasteiger partial charge in [-0.25, -0.2) is 15.0 Å². The van der Waals surface area contributed by atoms with Gasteiger partial charge in [0.25, 0.3) is 0 Å². The van der Waals surface area contributed by atoms with Gasteiger partial charge >= 0.3 is 0 Å². The van der Waals surface area contributed by atoms with Crippen LogP contribution in [0.4, 0.5) is 5.82 Å². The van der Waals surface area contributed by atoms with Crippen molar-refractivity contribution in [1.82, 2.24) is 18.9 Å². The normalized spacial score (nSPS) is 11.3. The molecular formula is C11H17N5S. The van der Waals surface area contributed by atoms with Gasteiger partial charge in [0.2, 0.25) is 0 Å². The standard InChI is InChI=1S/C11H17N5S/c1-8(2)4-5-12-10-9-11(14-6-13-10)16(17-3)7-15-9/h6-8H,4-5H2,1-3H3,(H,12,13,14). The van der Waals surface area contributed by atoms with E-state index in [0.29, 0.717) is 5.92 Å². The summed E-state index contributed by atoms with van der Waals surface area (Å²) >= 11 is 1.58. The van der Waals surface area contributed by atoms with Crippen LogP contribution in [0.15, 0.2) is 12.7 Å². The summed E-state index contributed by atoms with van der Waals surface area (Å²) in [6, 6.07) is 0. The second-order valence-electron chi connectivity index (χ2n) is 4.26. The maximum atomic E-state index is 4.34. The van der Waals surface area contributed by atoms with Crippen LogP contribution in [0.5, 0.6) is 0 Å². The fourth-order valence-corrected chi connectivity index (χ4v) is 2.00. The van der Waals surface area contributed by atoms with Crippen LogP contribution >= 0.6 is 11.9 Å². The van der Waals surface area contributed by atoms with Crippen molar-refractivity contribution in [1.29, 1.82) is 0 Å². The molecule has 6 heteroatoms. The first-order valence-corrected chi connectivity index (χ1v) is 6.87. The van der Waals surface area contributed by atoms with Crippen molar-refractivity contribution >= 4 is 28.9 Å². The predicted octanol–water partition coefficient (Wildman–Crippen LogP) is 2.41. The van der Waals surface area contributed by atoms with Gasteiger partial charge in [-0.05, 0) is 24.3 Å². The van der Waals surface area contributed by atoms with Crippen molar-refractivity contribution < 1.29 is 0 Å². The summed E-state index contributed by atoms with van der Waals surface area (Å²) in [5.41, 5.74) is 1.70. The molecule has 0 aromatic carbocycles. The van der Waals surface area contributed by atoms with Crippen molar-refractivity contribution in [2.75, 3.05) is 18.1 Å². The van der Waals surface area contributed by atoms with Crippen LogP contribution in [0.25, 0.3) is 11.2 Å². The molecule has 0 saturated carbocycles. The molecule has 0 atom stereocenters. The zero-order valence-corrected chi connectivity index (χ0v) is 11.2. The molecule has 0 fully saturated rings. The summed E-state index contributed by atoms with van der Waals surface area (Å²) in [5.74, 6) is 1.51. The highest BCUT2D eigenvalue weighted by Crippen LogP contribution is 2.19. The molecule has 2 heterocycles. The molecule has 1 N–H and O–H groups in total. The van der Waals surface area contributed by atoms with E-state index in [4.69, 9.17) is 0 Å². The van der Waals surface area contributed by atoms with Gasteiger partial charge < -0.3 is 5.32 Å². The van der Waals surface area contributed by atoms with Crippen molar-refractivity contribution in [2.45, 2.75) is 20.3 Å². The van der Waals surface area contributed by atoms with Gasteiger partial charge in [0.15, 0.2) is 17.0 Å². The lowest BCUT2D eigenvalue weighted by Crippen LogP contribution is -2.07. The summed E-state index contributed by atoms with van der Waals surface area (Å²) in [4.78, 5) is 12.8. The number of anilines is 1. The number of aromatic nitrogens is 4. The number of imidazole rings is 1. The second kappa shape index (κ2) is 5.35. The van der Waals surface area contributed by atoms with Gasteiger partial charge in [0.1, 0.15) is 12.7 Å². The summed E-state index contributed by atoms with van der Waals surface area (Å²) in [6.07, 6.45) is 6.47. The number of hydrogen-bond donors (Lipinski definition) is 1. The van der Waals surface area contributed by atoms with E-state index < -0.39 is 0 Å². The average Bonchev–Trinajstić information content (AvgIpc) is 2.72. The van der Waals surface area contributed by atoms with Crippen LogP contribution in [0.1, 0.15) is 20.3 Å². The largest absolute Gasteiger partial charge is 0.368 e. The van der Waals surface area contributed by atoms with Crippen LogP contribution in [0, 0.1) is 5.92 Å². The van der Waals surface area contributed by atoms with Crippen LogP contribution in [0.2, 0.25) is 0 Å². The van der Waals surface area contributed by atoms with Gasteiger partial charge in [-0.15, -0.1) is 0 Å². The monoisotopic (exact) mass is 251 g/mol. The summed E-state index contributed by atoms with van der Waals surface area (Å²) in [5, 5.41) is 3.32. The molecular weight excluding hydrogens is 234 g/mol. The Labute approximate surface area is 105 Å². The molecule has 0 spiro atoms. The highest BCUT2D eigenvalue weighted by atomic mass is 32.2. The Morgan fingerprint density at radius 2 is 2.18 bits per heavy atom. The molecule has 2 aromatic heterocycles. The molecule has 0 saturated heterocycles. The van der Waals surface area contributed by atoms with Crippen molar-refractivity contribution in [3.63, 3.8) is 0 Å². The van der Waals surface area contributed by atoms with Crippen molar-refractivity contribution in [3.05, 3.63) is 12.7 Å². The molecule has 0 amide bonds. The minimum absolute atomic E-state index is 0.684. The molecule has 17 heavy (non-hydrogen) atoms. The fraction of sp³-hybridized carbons (Fsp3) is 0.545. The molecule has 0 aliphatic heterocycles. The Kier molecular flexibility index (Phi) is 3.83. The topological polar surface area (TPSA) is 55.6 Å². The molecule has 0 unspecified atom stereocenters. The van der Waals surface area contributed by atoms with Crippen molar-refractivity contribution in [3.8, 4) is 0 Å². The quantitative estimate of drug-likeness (QED) is 0.884. The lowest BCUT2D eigenvalue weighted by molar-refractivity contribution is 0.607. The number of rotatable bonds is 5. The van der Waals surface area contributed by atoms with Gasteiger partial charge in [0.05, 0.1) is 0 Å². The van der Waals surface area contributed by atoms with E-state index >= 15 is 0 Å². The molecule has 92 valence electrons. The van der Waals surface area contributed by atoms with E-state index in [1.165, 1.54) is 0 Å². The molecule has 2 aromatic rings. The maximum absolute atomic E-state index is 4.34. The molecule has 5 nitrogen and oxygen atoms in total. The third kappa shape index (κ3) is 2.69. The third-order valence-corrected chi connectivity index (χ3v) is 3.17. The number of nitrogens with one attached hydrogen (secondary N) is 1. The summed E-state index contributed by atoms with van der Waals surface area (Å²) < 4.78 is 1.94. The predicted molar refractivity (Wildman–Crippen MR) is 72.2 cm³/mol. The first kappa shape index (κ1) is 12.2. The van der Waals surface area contributed by atoms with E-state index in [1.807, 2.05) is 10.2 Å². The SMILES string of the molecule is CSn1cnc2c(NCCC(C)C)ncnc21. The van der Waals surface area contributed by atoms with Crippen molar-refractivity contribution in [2.24, 2.45) is 5.92 Å². The number of hydrogen-bond acceptors (Lipinski definition) is 5. The minimum Gasteiger partial charge on any atom is -0.368 e. The number of fused-ring (bicyclic) bond motifs is 1. The van der Waals surface area contributed by atoms with Crippen LogP contribution in [-0.4, -0.2) is 31.7 Å². The Morgan fingerprint density at radius 1 is 1.35 bits per heavy atom. The third-order valence-electron chi connectivity index (χ3n) is 2.51. The van der Waals surface area contributed by atoms with Gasteiger partial charge in [-0.3, -0.25) is 3.97 Å². The second-order valence-corrected chi connectivity index (χ2v) is 5.02.